The summed E-state index contributed by atoms with van der Waals surface area (Å²) in [4.78, 5) is 24.5. The lowest BCUT2D eigenvalue weighted by Gasteiger charge is -2.14. The molecule has 3 aromatic rings. The van der Waals surface area contributed by atoms with E-state index >= 15 is 0 Å². The van der Waals surface area contributed by atoms with Gasteiger partial charge in [0.15, 0.2) is 5.82 Å². The average Bonchev–Trinajstić information content (AvgIpc) is 3.34. The van der Waals surface area contributed by atoms with E-state index in [-0.39, 0.29) is 24.7 Å². The normalized spacial score (nSPS) is 15.9. The fourth-order valence-corrected chi connectivity index (χ4v) is 3.32. The number of hydrogen-bond donors (Lipinski definition) is 1. The van der Waals surface area contributed by atoms with Crippen molar-refractivity contribution in [1.82, 2.24) is 15.1 Å². The van der Waals surface area contributed by atoms with Gasteiger partial charge in [0, 0.05) is 23.7 Å². The SMILES string of the molecule is CC(=O)NCC1CN(c2ccc(-n3cc(-c4ccc(Cl)cc4)cn3)c(F)c2)C(=O)O1. The van der Waals surface area contributed by atoms with Gasteiger partial charge in [-0.3, -0.25) is 9.69 Å². The molecule has 0 spiro atoms. The Labute approximate surface area is 177 Å². The first-order valence-electron chi connectivity index (χ1n) is 9.24. The van der Waals surface area contributed by atoms with Crippen molar-refractivity contribution in [3.05, 3.63) is 65.7 Å². The van der Waals surface area contributed by atoms with Crippen LogP contribution < -0.4 is 10.2 Å². The predicted octanol–water partition coefficient (Wildman–Crippen LogP) is 3.79. The molecule has 0 saturated carbocycles. The quantitative estimate of drug-likeness (QED) is 0.670. The lowest BCUT2D eigenvalue weighted by Crippen LogP contribution is -2.33. The summed E-state index contributed by atoms with van der Waals surface area (Å²) >= 11 is 5.91. The van der Waals surface area contributed by atoms with E-state index in [1.807, 2.05) is 12.1 Å². The minimum absolute atomic E-state index is 0.207. The van der Waals surface area contributed by atoms with E-state index in [1.165, 1.54) is 22.6 Å². The molecule has 4 rings (SSSR count). The Morgan fingerprint density at radius 1 is 1.27 bits per heavy atom. The maximum atomic E-state index is 14.8. The van der Waals surface area contributed by atoms with Crippen LogP contribution in [-0.4, -0.2) is 41.0 Å². The molecule has 1 saturated heterocycles. The van der Waals surface area contributed by atoms with Crippen molar-refractivity contribution in [2.24, 2.45) is 0 Å². The predicted molar refractivity (Wildman–Crippen MR) is 110 cm³/mol. The Kier molecular flexibility index (Phi) is 5.41. The number of ether oxygens (including phenoxy) is 1. The molecule has 154 valence electrons. The Morgan fingerprint density at radius 3 is 2.73 bits per heavy atom. The van der Waals surface area contributed by atoms with Gasteiger partial charge in [0.05, 0.1) is 25.0 Å². The molecule has 2 amide bonds. The number of hydrogen-bond acceptors (Lipinski definition) is 4. The molecule has 1 aliphatic rings. The first kappa shape index (κ1) is 19.9. The summed E-state index contributed by atoms with van der Waals surface area (Å²) in [6.07, 6.45) is 2.29. The van der Waals surface area contributed by atoms with Crippen molar-refractivity contribution in [3.8, 4) is 16.8 Å². The number of nitrogens with zero attached hydrogens (tertiary/aromatic N) is 3. The number of carbonyl (C=O) groups excluding carboxylic acids is 2. The van der Waals surface area contributed by atoms with Gasteiger partial charge in [0.1, 0.15) is 11.8 Å². The van der Waals surface area contributed by atoms with Crippen LogP contribution in [0.2, 0.25) is 5.02 Å². The summed E-state index contributed by atoms with van der Waals surface area (Å²) in [6, 6.07) is 11.7. The molecular formula is C21H18ClFN4O3. The highest BCUT2D eigenvalue weighted by molar-refractivity contribution is 6.30. The second-order valence-corrected chi connectivity index (χ2v) is 7.31. The number of benzene rings is 2. The third-order valence-electron chi connectivity index (χ3n) is 4.70. The molecule has 2 aromatic carbocycles. The molecule has 1 fully saturated rings. The molecule has 7 nitrogen and oxygen atoms in total. The summed E-state index contributed by atoms with van der Waals surface area (Å²) in [5, 5.41) is 7.48. The molecule has 1 aliphatic heterocycles. The number of rotatable bonds is 5. The van der Waals surface area contributed by atoms with Crippen LogP contribution >= 0.6 is 11.6 Å². The number of halogens is 2. The number of cyclic esters (lactones) is 1. The second-order valence-electron chi connectivity index (χ2n) is 6.87. The summed E-state index contributed by atoms with van der Waals surface area (Å²) in [5.74, 6) is -0.742. The third kappa shape index (κ3) is 4.13. The minimum atomic E-state index is -0.582. The molecule has 0 radical (unpaired) electrons. The van der Waals surface area contributed by atoms with Crippen molar-refractivity contribution in [2.75, 3.05) is 18.0 Å². The number of anilines is 1. The van der Waals surface area contributed by atoms with Crippen molar-refractivity contribution in [1.29, 1.82) is 0 Å². The minimum Gasteiger partial charge on any atom is -0.442 e. The first-order chi connectivity index (χ1) is 14.4. The van der Waals surface area contributed by atoms with Crippen LogP contribution in [0.5, 0.6) is 0 Å². The number of amides is 2. The molecule has 1 N–H and O–H groups in total. The van der Waals surface area contributed by atoms with Crippen LogP contribution in [0.1, 0.15) is 6.92 Å². The van der Waals surface area contributed by atoms with E-state index in [1.54, 1.807) is 36.7 Å². The van der Waals surface area contributed by atoms with E-state index in [4.69, 9.17) is 16.3 Å². The van der Waals surface area contributed by atoms with Gasteiger partial charge < -0.3 is 10.1 Å². The zero-order chi connectivity index (χ0) is 21.3. The standard InChI is InChI=1S/C21H18ClFN4O3/c1-13(28)24-10-18-12-26(21(29)30-18)17-6-7-20(19(23)8-17)27-11-15(9-25-27)14-2-4-16(22)5-3-14/h2-9,11,18H,10,12H2,1H3,(H,24,28). The van der Waals surface area contributed by atoms with Gasteiger partial charge in [0.2, 0.25) is 5.91 Å². The van der Waals surface area contributed by atoms with E-state index in [2.05, 4.69) is 10.4 Å². The molecule has 0 bridgehead atoms. The van der Waals surface area contributed by atoms with Crippen LogP contribution in [0.15, 0.2) is 54.9 Å². The molecule has 2 heterocycles. The third-order valence-corrected chi connectivity index (χ3v) is 4.95. The molecule has 1 aromatic heterocycles. The monoisotopic (exact) mass is 428 g/mol. The molecule has 0 aliphatic carbocycles. The van der Waals surface area contributed by atoms with Crippen molar-refractivity contribution < 1.29 is 18.7 Å². The van der Waals surface area contributed by atoms with Gasteiger partial charge in [-0.2, -0.15) is 5.10 Å². The zero-order valence-corrected chi connectivity index (χ0v) is 16.8. The zero-order valence-electron chi connectivity index (χ0n) is 16.0. The maximum Gasteiger partial charge on any atom is 0.414 e. The molecule has 1 unspecified atom stereocenters. The van der Waals surface area contributed by atoms with Crippen molar-refractivity contribution >= 4 is 29.3 Å². The average molecular weight is 429 g/mol. The van der Waals surface area contributed by atoms with E-state index in [0.717, 1.165) is 11.1 Å². The van der Waals surface area contributed by atoms with Gasteiger partial charge in [-0.05, 0) is 35.9 Å². The summed E-state index contributed by atoms with van der Waals surface area (Å²) in [7, 11) is 0. The van der Waals surface area contributed by atoms with Gasteiger partial charge in [0.25, 0.3) is 0 Å². The largest absolute Gasteiger partial charge is 0.442 e. The number of carbonyl (C=O) groups is 2. The Balaban J connectivity index is 1.52. The van der Waals surface area contributed by atoms with Crippen molar-refractivity contribution in [2.45, 2.75) is 13.0 Å². The molecule has 1 atom stereocenters. The Hall–Kier alpha value is -3.39. The van der Waals surface area contributed by atoms with Crippen LogP contribution in [0.25, 0.3) is 16.8 Å². The smallest absolute Gasteiger partial charge is 0.414 e. The number of aromatic nitrogens is 2. The second kappa shape index (κ2) is 8.16. The Bertz CT molecular complexity index is 1100. The van der Waals surface area contributed by atoms with Crippen LogP contribution in [-0.2, 0) is 9.53 Å². The van der Waals surface area contributed by atoms with Crippen LogP contribution in [0, 0.1) is 5.82 Å². The number of nitrogens with one attached hydrogen (secondary N) is 1. The van der Waals surface area contributed by atoms with E-state index in [0.29, 0.717) is 10.7 Å². The van der Waals surface area contributed by atoms with Gasteiger partial charge >= 0.3 is 6.09 Å². The Morgan fingerprint density at radius 2 is 2.03 bits per heavy atom. The lowest BCUT2D eigenvalue weighted by molar-refractivity contribution is -0.119. The van der Waals surface area contributed by atoms with Crippen molar-refractivity contribution in [3.63, 3.8) is 0 Å². The van der Waals surface area contributed by atoms with Gasteiger partial charge in [-0.1, -0.05) is 23.7 Å². The van der Waals surface area contributed by atoms with Gasteiger partial charge in [-0.25, -0.2) is 13.9 Å². The highest BCUT2D eigenvalue weighted by Crippen LogP contribution is 2.27. The first-order valence-corrected chi connectivity index (χ1v) is 9.61. The maximum absolute atomic E-state index is 14.8. The topological polar surface area (TPSA) is 76.5 Å². The van der Waals surface area contributed by atoms with E-state index < -0.39 is 18.0 Å². The summed E-state index contributed by atoms with van der Waals surface area (Å²) in [6.45, 7) is 1.82. The molecular weight excluding hydrogens is 411 g/mol. The summed E-state index contributed by atoms with van der Waals surface area (Å²) < 4.78 is 21.5. The van der Waals surface area contributed by atoms with Crippen LogP contribution in [0.4, 0.5) is 14.9 Å². The lowest BCUT2D eigenvalue weighted by atomic mass is 10.1. The van der Waals surface area contributed by atoms with E-state index in [9.17, 15) is 14.0 Å². The molecule has 9 heteroatoms. The van der Waals surface area contributed by atoms with Gasteiger partial charge in [-0.15, -0.1) is 0 Å². The highest BCUT2D eigenvalue weighted by atomic mass is 35.5. The summed E-state index contributed by atoms with van der Waals surface area (Å²) in [5.41, 5.74) is 2.35. The highest BCUT2D eigenvalue weighted by Gasteiger charge is 2.32. The van der Waals surface area contributed by atoms with Crippen LogP contribution in [0.3, 0.4) is 0 Å². The fraction of sp³-hybridized carbons (Fsp3) is 0.190. The molecule has 30 heavy (non-hydrogen) atoms. The fourth-order valence-electron chi connectivity index (χ4n) is 3.19.